The first-order valence-electron chi connectivity index (χ1n) is 6.32. The van der Waals surface area contributed by atoms with Gasteiger partial charge >= 0.3 is 0 Å². The molecule has 0 aliphatic heterocycles. The lowest BCUT2D eigenvalue weighted by Gasteiger charge is -2.05. The van der Waals surface area contributed by atoms with Gasteiger partial charge in [-0.2, -0.15) is 5.26 Å². The summed E-state index contributed by atoms with van der Waals surface area (Å²) in [5, 5.41) is 9.10. The molecular formula is C16H14N2O2S. The Morgan fingerprint density at radius 3 is 2.19 bits per heavy atom. The van der Waals surface area contributed by atoms with Crippen molar-refractivity contribution in [3.8, 4) is 6.07 Å². The van der Waals surface area contributed by atoms with Gasteiger partial charge in [0, 0.05) is 12.1 Å². The Morgan fingerprint density at radius 1 is 1.05 bits per heavy atom. The molecule has 0 aliphatic carbocycles. The lowest BCUT2D eigenvalue weighted by atomic mass is 10.1. The average molecular weight is 298 g/mol. The molecule has 0 saturated heterocycles. The Labute approximate surface area is 124 Å². The molecule has 106 valence electrons. The van der Waals surface area contributed by atoms with Crippen LogP contribution in [0.5, 0.6) is 0 Å². The van der Waals surface area contributed by atoms with E-state index in [-0.39, 0.29) is 11.4 Å². The van der Waals surface area contributed by atoms with Crippen molar-refractivity contribution in [3.05, 3.63) is 71.8 Å². The number of benzene rings is 2. The molecule has 5 heteroatoms. The maximum absolute atomic E-state index is 12.1. The van der Waals surface area contributed by atoms with E-state index < -0.39 is 10.0 Å². The van der Waals surface area contributed by atoms with E-state index in [1.54, 1.807) is 24.3 Å². The SMILES string of the molecule is N#C/C(=C\c1ccccc1)CNS(=O)(=O)c1ccccc1. The fourth-order valence-electron chi connectivity index (χ4n) is 1.73. The summed E-state index contributed by atoms with van der Waals surface area (Å²) >= 11 is 0. The molecule has 0 aliphatic rings. The van der Waals surface area contributed by atoms with E-state index in [1.807, 2.05) is 36.4 Å². The van der Waals surface area contributed by atoms with Gasteiger partial charge in [0.15, 0.2) is 0 Å². The normalized spacial score (nSPS) is 11.9. The van der Waals surface area contributed by atoms with Crippen LogP contribution < -0.4 is 4.72 Å². The van der Waals surface area contributed by atoms with Crippen molar-refractivity contribution in [1.82, 2.24) is 4.72 Å². The predicted octanol–water partition coefficient (Wildman–Crippen LogP) is 2.57. The molecule has 0 radical (unpaired) electrons. The Morgan fingerprint density at radius 2 is 1.62 bits per heavy atom. The summed E-state index contributed by atoms with van der Waals surface area (Å²) in [6, 6.07) is 19.4. The van der Waals surface area contributed by atoms with Crippen molar-refractivity contribution in [2.45, 2.75) is 4.90 Å². The number of nitriles is 1. The van der Waals surface area contributed by atoms with Gasteiger partial charge in [0.1, 0.15) is 0 Å². The molecule has 2 rings (SSSR count). The van der Waals surface area contributed by atoms with Crippen molar-refractivity contribution < 1.29 is 8.42 Å². The number of hydrogen-bond acceptors (Lipinski definition) is 3. The highest BCUT2D eigenvalue weighted by atomic mass is 32.2. The summed E-state index contributed by atoms with van der Waals surface area (Å²) in [6.07, 6.45) is 1.66. The van der Waals surface area contributed by atoms with E-state index in [1.165, 1.54) is 12.1 Å². The summed E-state index contributed by atoms with van der Waals surface area (Å²) < 4.78 is 26.5. The fraction of sp³-hybridized carbons (Fsp3) is 0.0625. The van der Waals surface area contributed by atoms with Gasteiger partial charge in [-0.25, -0.2) is 13.1 Å². The lowest BCUT2D eigenvalue weighted by Crippen LogP contribution is -2.25. The molecular weight excluding hydrogens is 284 g/mol. The van der Waals surface area contributed by atoms with Crippen LogP contribution in [0.15, 0.2) is 71.1 Å². The molecule has 2 aromatic rings. The fourth-order valence-corrected chi connectivity index (χ4v) is 2.76. The second-order valence-corrected chi connectivity index (χ2v) is 6.10. The second kappa shape index (κ2) is 6.84. The maximum atomic E-state index is 12.1. The highest BCUT2D eigenvalue weighted by Gasteiger charge is 2.13. The van der Waals surface area contributed by atoms with Crippen molar-refractivity contribution in [1.29, 1.82) is 5.26 Å². The summed E-state index contributed by atoms with van der Waals surface area (Å²) in [5.41, 5.74) is 1.20. The highest BCUT2D eigenvalue weighted by Crippen LogP contribution is 2.09. The first-order chi connectivity index (χ1) is 10.1. The summed E-state index contributed by atoms with van der Waals surface area (Å²) in [5.74, 6) is 0. The van der Waals surface area contributed by atoms with E-state index >= 15 is 0 Å². The zero-order chi connectivity index (χ0) is 15.1. The second-order valence-electron chi connectivity index (χ2n) is 4.33. The van der Waals surface area contributed by atoms with E-state index in [9.17, 15) is 8.42 Å². The smallest absolute Gasteiger partial charge is 0.207 e. The number of hydrogen-bond donors (Lipinski definition) is 1. The van der Waals surface area contributed by atoms with Crippen molar-refractivity contribution >= 4 is 16.1 Å². The lowest BCUT2D eigenvalue weighted by molar-refractivity contribution is 0.585. The Balaban J connectivity index is 2.11. The average Bonchev–Trinajstić information content (AvgIpc) is 2.53. The molecule has 0 bridgehead atoms. The number of rotatable bonds is 5. The third-order valence-corrected chi connectivity index (χ3v) is 4.21. The summed E-state index contributed by atoms with van der Waals surface area (Å²) in [7, 11) is -3.60. The zero-order valence-corrected chi connectivity index (χ0v) is 12.0. The van der Waals surface area contributed by atoms with Crippen LogP contribution in [0.2, 0.25) is 0 Å². The topological polar surface area (TPSA) is 70.0 Å². The highest BCUT2D eigenvalue weighted by molar-refractivity contribution is 7.89. The molecule has 1 N–H and O–H groups in total. The van der Waals surface area contributed by atoms with Crippen LogP contribution in [0, 0.1) is 11.3 Å². The van der Waals surface area contributed by atoms with Crippen LogP contribution in [-0.2, 0) is 10.0 Å². The minimum absolute atomic E-state index is 0.0391. The van der Waals surface area contributed by atoms with Gasteiger partial charge in [0.25, 0.3) is 0 Å². The van der Waals surface area contributed by atoms with Gasteiger partial charge in [-0.3, -0.25) is 0 Å². The van der Waals surface area contributed by atoms with Crippen molar-refractivity contribution in [2.24, 2.45) is 0 Å². The monoisotopic (exact) mass is 298 g/mol. The Bertz CT molecular complexity index is 761. The first kappa shape index (κ1) is 15.0. The van der Waals surface area contributed by atoms with Crippen LogP contribution in [0.1, 0.15) is 5.56 Å². The van der Waals surface area contributed by atoms with E-state index in [0.717, 1.165) is 5.56 Å². The standard InChI is InChI=1S/C16H14N2O2S/c17-12-15(11-14-7-3-1-4-8-14)13-18-21(19,20)16-9-5-2-6-10-16/h1-11,18H,13H2/b15-11+. The minimum Gasteiger partial charge on any atom is -0.207 e. The van der Waals surface area contributed by atoms with Gasteiger partial charge in [0.05, 0.1) is 11.0 Å². The van der Waals surface area contributed by atoms with Gasteiger partial charge in [-0.15, -0.1) is 0 Å². The number of nitrogens with one attached hydrogen (secondary N) is 1. The van der Waals surface area contributed by atoms with Crippen molar-refractivity contribution in [3.63, 3.8) is 0 Å². The summed E-state index contributed by atoms with van der Waals surface area (Å²) in [4.78, 5) is 0.182. The van der Waals surface area contributed by atoms with Gasteiger partial charge < -0.3 is 0 Å². The number of nitrogens with zero attached hydrogens (tertiary/aromatic N) is 1. The van der Waals surface area contributed by atoms with E-state index in [4.69, 9.17) is 5.26 Å². The van der Waals surface area contributed by atoms with Gasteiger partial charge in [-0.1, -0.05) is 48.5 Å². The molecule has 0 amide bonds. The van der Waals surface area contributed by atoms with Crippen LogP contribution in [0.3, 0.4) is 0 Å². The minimum atomic E-state index is -3.60. The molecule has 2 aromatic carbocycles. The zero-order valence-electron chi connectivity index (χ0n) is 11.2. The molecule has 0 fully saturated rings. The molecule has 4 nitrogen and oxygen atoms in total. The molecule has 0 heterocycles. The molecule has 21 heavy (non-hydrogen) atoms. The molecule has 0 unspecified atom stereocenters. The van der Waals surface area contributed by atoms with Crippen molar-refractivity contribution in [2.75, 3.05) is 6.54 Å². The van der Waals surface area contributed by atoms with Gasteiger partial charge in [-0.05, 0) is 23.8 Å². The van der Waals surface area contributed by atoms with E-state index in [0.29, 0.717) is 5.57 Å². The maximum Gasteiger partial charge on any atom is 0.240 e. The predicted molar refractivity (Wildman–Crippen MR) is 81.7 cm³/mol. The largest absolute Gasteiger partial charge is 0.240 e. The number of sulfonamides is 1. The van der Waals surface area contributed by atoms with Crippen LogP contribution in [0.4, 0.5) is 0 Å². The van der Waals surface area contributed by atoms with Crippen LogP contribution in [-0.4, -0.2) is 15.0 Å². The molecule has 0 spiro atoms. The Kier molecular flexibility index (Phi) is 4.88. The Hall–Kier alpha value is -2.42. The third kappa shape index (κ3) is 4.28. The molecule has 0 aromatic heterocycles. The molecule has 0 saturated carbocycles. The van der Waals surface area contributed by atoms with Crippen LogP contribution >= 0.6 is 0 Å². The third-order valence-electron chi connectivity index (χ3n) is 2.79. The quantitative estimate of drug-likeness (QED) is 0.862. The molecule has 0 atom stereocenters. The van der Waals surface area contributed by atoms with E-state index in [2.05, 4.69) is 4.72 Å². The van der Waals surface area contributed by atoms with Crippen LogP contribution in [0.25, 0.3) is 6.08 Å². The first-order valence-corrected chi connectivity index (χ1v) is 7.80. The van der Waals surface area contributed by atoms with Gasteiger partial charge in [0.2, 0.25) is 10.0 Å². The summed E-state index contributed by atoms with van der Waals surface area (Å²) in [6.45, 7) is -0.0391.